The van der Waals surface area contributed by atoms with Gasteiger partial charge in [0.25, 0.3) is 0 Å². The molecule has 1 saturated heterocycles. The minimum Gasteiger partial charge on any atom is -0.325 e. The number of carbonyl (C=O) groups is 1. The van der Waals surface area contributed by atoms with Crippen molar-refractivity contribution < 1.29 is 4.79 Å². The molecule has 3 aromatic carbocycles. The summed E-state index contributed by atoms with van der Waals surface area (Å²) in [5.41, 5.74) is 2.15. The van der Waals surface area contributed by atoms with E-state index in [9.17, 15) is 4.79 Å². The maximum Gasteiger partial charge on any atom is 0.241 e. The number of nitrogens with zero attached hydrogens (tertiary/aromatic N) is 1. The van der Waals surface area contributed by atoms with Crippen LogP contribution in [0.2, 0.25) is 0 Å². The first kappa shape index (κ1) is 15.9. The van der Waals surface area contributed by atoms with E-state index in [0.717, 1.165) is 31.6 Å². The van der Waals surface area contributed by atoms with Crippen molar-refractivity contribution in [2.45, 2.75) is 25.4 Å². The van der Waals surface area contributed by atoms with Gasteiger partial charge in [-0.05, 0) is 47.9 Å². The average molecular weight is 330 g/mol. The van der Waals surface area contributed by atoms with Gasteiger partial charge in [0.15, 0.2) is 0 Å². The number of nitrogens with one attached hydrogen (secondary N) is 1. The van der Waals surface area contributed by atoms with Crippen molar-refractivity contribution >= 4 is 22.4 Å². The highest BCUT2D eigenvalue weighted by molar-refractivity contribution is 5.95. The first-order valence-electron chi connectivity index (χ1n) is 8.88. The van der Waals surface area contributed by atoms with Crippen LogP contribution in [0.3, 0.4) is 0 Å². The summed E-state index contributed by atoms with van der Waals surface area (Å²) in [6.07, 6.45) is 1.99. The Hall–Kier alpha value is -2.65. The third-order valence-corrected chi connectivity index (χ3v) is 4.96. The molecule has 1 amide bonds. The number of carbonyl (C=O) groups excluding carboxylic acids is 1. The van der Waals surface area contributed by atoms with Gasteiger partial charge in [-0.1, -0.05) is 60.7 Å². The fourth-order valence-corrected chi connectivity index (χ4v) is 3.71. The molecule has 0 radical (unpaired) electrons. The Morgan fingerprint density at radius 1 is 0.960 bits per heavy atom. The quantitative estimate of drug-likeness (QED) is 0.767. The van der Waals surface area contributed by atoms with Gasteiger partial charge in [-0.2, -0.15) is 0 Å². The summed E-state index contributed by atoms with van der Waals surface area (Å²) in [6, 6.07) is 24.5. The lowest BCUT2D eigenvalue weighted by atomic mass is 10.0. The van der Waals surface area contributed by atoms with E-state index in [2.05, 4.69) is 52.7 Å². The number of benzene rings is 3. The maximum absolute atomic E-state index is 12.7. The van der Waals surface area contributed by atoms with Crippen LogP contribution in [0, 0.1) is 0 Å². The van der Waals surface area contributed by atoms with Crippen LogP contribution in [-0.4, -0.2) is 23.4 Å². The largest absolute Gasteiger partial charge is 0.325 e. The molecule has 1 aliphatic heterocycles. The fraction of sp³-hybridized carbons (Fsp3) is 0.227. The van der Waals surface area contributed by atoms with Crippen molar-refractivity contribution in [3.63, 3.8) is 0 Å². The molecule has 0 saturated carbocycles. The van der Waals surface area contributed by atoms with E-state index in [1.807, 2.05) is 30.3 Å². The summed E-state index contributed by atoms with van der Waals surface area (Å²) in [7, 11) is 0. The Balaban J connectivity index is 1.52. The number of para-hydroxylation sites is 1. The zero-order valence-electron chi connectivity index (χ0n) is 14.2. The van der Waals surface area contributed by atoms with Gasteiger partial charge in [-0.15, -0.1) is 0 Å². The van der Waals surface area contributed by atoms with Crippen LogP contribution < -0.4 is 5.32 Å². The molecule has 4 rings (SSSR count). The van der Waals surface area contributed by atoms with Crippen molar-refractivity contribution in [1.29, 1.82) is 0 Å². The van der Waals surface area contributed by atoms with E-state index in [0.29, 0.717) is 0 Å². The first-order valence-corrected chi connectivity index (χ1v) is 8.88. The number of amides is 1. The molecule has 0 unspecified atom stereocenters. The highest BCUT2D eigenvalue weighted by atomic mass is 16.2. The van der Waals surface area contributed by atoms with Gasteiger partial charge < -0.3 is 5.32 Å². The predicted octanol–water partition coefficient (Wildman–Crippen LogP) is 4.44. The molecule has 126 valence electrons. The second kappa shape index (κ2) is 7.08. The molecule has 25 heavy (non-hydrogen) atoms. The molecular weight excluding hydrogens is 308 g/mol. The summed E-state index contributed by atoms with van der Waals surface area (Å²) in [5.74, 6) is 0.101. The van der Waals surface area contributed by atoms with E-state index >= 15 is 0 Å². The third kappa shape index (κ3) is 3.42. The van der Waals surface area contributed by atoms with Crippen LogP contribution in [0.5, 0.6) is 0 Å². The van der Waals surface area contributed by atoms with Gasteiger partial charge in [-0.25, -0.2) is 0 Å². The SMILES string of the molecule is O=C(Nc1ccccc1)[C@H]1CCCN1Cc1cccc2ccccc12. The number of hydrogen-bond donors (Lipinski definition) is 1. The smallest absolute Gasteiger partial charge is 0.241 e. The van der Waals surface area contributed by atoms with Crippen molar-refractivity contribution in [3.8, 4) is 0 Å². The topological polar surface area (TPSA) is 32.3 Å². The molecule has 1 atom stereocenters. The van der Waals surface area contributed by atoms with E-state index in [4.69, 9.17) is 0 Å². The van der Waals surface area contributed by atoms with E-state index in [1.54, 1.807) is 0 Å². The summed E-state index contributed by atoms with van der Waals surface area (Å²) in [5, 5.41) is 5.59. The molecule has 3 nitrogen and oxygen atoms in total. The second-order valence-corrected chi connectivity index (χ2v) is 6.62. The molecule has 0 aliphatic carbocycles. The Kier molecular flexibility index (Phi) is 4.49. The summed E-state index contributed by atoms with van der Waals surface area (Å²) in [4.78, 5) is 15.0. The van der Waals surface area contributed by atoms with Crippen LogP contribution in [-0.2, 0) is 11.3 Å². The average Bonchev–Trinajstić information content (AvgIpc) is 3.11. The Bertz CT molecular complexity index is 870. The lowest BCUT2D eigenvalue weighted by molar-refractivity contribution is -0.120. The zero-order valence-corrected chi connectivity index (χ0v) is 14.2. The summed E-state index contributed by atoms with van der Waals surface area (Å²) < 4.78 is 0. The lowest BCUT2D eigenvalue weighted by Crippen LogP contribution is -2.39. The fourth-order valence-electron chi connectivity index (χ4n) is 3.71. The number of rotatable bonds is 4. The summed E-state index contributed by atoms with van der Waals surface area (Å²) in [6.45, 7) is 1.78. The van der Waals surface area contributed by atoms with Crippen LogP contribution in [0.15, 0.2) is 72.8 Å². The molecule has 0 bridgehead atoms. The maximum atomic E-state index is 12.7. The van der Waals surface area contributed by atoms with Gasteiger partial charge in [0, 0.05) is 12.2 Å². The zero-order chi connectivity index (χ0) is 17.1. The molecule has 3 heteroatoms. The molecular formula is C22H22N2O. The van der Waals surface area contributed by atoms with Crippen LogP contribution in [0.4, 0.5) is 5.69 Å². The number of fused-ring (bicyclic) bond motifs is 1. The van der Waals surface area contributed by atoms with Gasteiger partial charge in [0.2, 0.25) is 5.91 Å². The third-order valence-electron chi connectivity index (χ3n) is 4.96. The van der Waals surface area contributed by atoms with Gasteiger partial charge in [-0.3, -0.25) is 9.69 Å². The first-order chi connectivity index (χ1) is 12.3. The highest BCUT2D eigenvalue weighted by Gasteiger charge is 2.30. The normalized spacial score (nSPS) is 17.7. The van der Waals surface area contributed by atoms with Crippen molar-refractivity contribution in [2.75, 3.05) is 11.9 Å². The molecule has 1 N–H and O–H groups in total. The monoisotopic (exact) mass is 330 g/mol. The molecule has 0 spiro atoms. The van der Waals surface area contributed by atoms with Crippen molar-refractivity contribution in [3.05, 3.63) is 78.4 Å². The van der Waals surface area contributed by atoms with Crippen LogP contribution in [0.25, 0.3) is 10.8 Å². The Morgan fingerprint density at radius 3 is 2.60 bits per heavy atom. The molecule has 1 fully saturated rings. The molecule has 3 aromatic rings. The molecule has 1 aliphatic rings. The van der Waals surface area contributed by atoms with Gasteiger partial charge >= 0.3 is 0 Å². The minimum absolute atomic E-state index is 0.0563. The Labute approximate surface area is 148 Å². The van der Waals surface area contributed by atoms with E-state index in [-0.39, 0.29) is 11.9 Å². The van der Waals surface area contributed by atoms with Crippen LogP contribution in [0.1, 0.15) is 18.4 Å². The molecule has 0 aromatic heterocycles. The van der Waals surface area contributed by atoms with Gasteiger partial charge in [0.05, 0.1) is 6.04 Å². The number of hydrogen-bond acceptors (Lipinski definition) is 2. The molecule has 1 heterocycles. The standard InChI is InChI=1S/C22H22N2O/c25-22(23-19-11-2-1-3-12-19)21-14-7-15-24(21)16-18-10-6-9-17-8-4-5-13-20(17)18/h1-6,8-13,21H,7,14-16H2,(H,23,25)/t21-/m1/s1. The minimum atomic E-state index is -0.0563. The van der Waals surface area contributed by atoms with Crippen molar-refractivity contribution in [1.82, 2.24) is 4.90 Å². The van der Waals surface area contributed by atoms with E-state index in [1.165, 1.54) is 16.3 Å². The highest BCUT2D eigenvalue weighted by Crippen LogP contribution is 2.25. The lowest BCUT2D eigenvalue weighted by Gasteiger charge is -2.24. The number of anilines is 1. The predicted molar refractivity (Wildman–Crippen MR) is 102 cm³/mol. The van der Waals surface area contributed by atoms with Crippen molar-refractivity contribution in [2.24, 2.45) is 0 Å². The van der Waals surface area contributed by atoms with E-state index < -0.39 is 0 Å². The van der Waals surface area contributed by atoms with Crippen LogP contribution >= 0.6 is 0 Å². The second-order valence-electron chi connectivity index (χ2n) is 6.62. The van der Waals surface area contributed by atoms with Gasteiger partial charge in [0.1, 0.15) is 0 Å². The summed E-state index contributed by atoms with van der Waals surface area (Å²) >= 11 is 0. The number of likely N-dealkylation sites (tertiary alicyclic amines) is 1. The Morgan fingerprint density at radius 2 is 1.72 bits per heavy atom.